The Bertz CT molecular complexity index is 1030. The van der Waals surface area contributed by atoms with Crippen molar-refractivity contribution in [3.05, 3.63) is 39.5 Å². The summed E-state index contributed by atoms with van der Waals surface area (Å²) in [6, 6.07) is 3.15. The van der Waals surface area contributed by atoms with Gasteiger partial charge in [-0.3, -0.25) is 4.79 Å². The topological polar surface area (TPSA) is 85.0 Å². The van der Waals surface area contributed by atoms with Crippen molar-refractivity contribution in [1.82, 2.24) is 10.3 Å². The molecule has 2 aromatic rings. The molecule has 1 aromatic heterocycles. The van der Waals surface area contributed by atoms with Crippen LogP contribution in [0, 0.1) is 17.8 Å². The van der Waals surface area contributed by atoms with E-state index in [1.54, 1.807) is 12.1 Å². The summed E-state index contributed by atoms with van der Waals surface area (Å²) >= 11 is 12.3. The monoisotopic (exact) mass is 454 g/mol. The van der Waals surface area contributed by atoms with Gasteiger partial charge in [0.05, 0.1) is 16.7 Å². The molecule has 4 saturated carbocycles. The average Bonchev–Trinajstić information content (AvgIpc) is 2.97. The summed E-state index contributed by atoms with van der Waals surface area (Å²) in [7, 11) is 0. The largest absolute Gasteiger partial charge is 1.00 e. The van der Waals surface area contributed by atoms with Gasteiger partial charge in [-0.05, 0) is 74.5 Å². The van der Waals surface area contributed by atoms with E-state index in [9.17, 15) is 14.7 Å². The molecule has 4 aliphatic rings. The van der Waals surface area contributed by atoms with Crippen LogP contribution in [0.4, 0.5) is 0 Å². The molecule has 0 spiro atoms. The number of carbonyl (C=O) groups excluding carboxylic acids is 2. The van der Waals surface area contributed by atoms with E-state index in [0.29, 0.717) is 26.5 Å². The van der Waals surface area contributed by atoms with E-state index in [0.717, 1.165) is 37.0 Å². The number of nitrogens with one attached hydrogen (secondary N) is 2. The van der Waals surface area contributed by atoms with Crippen molar-refractivity contribution in [1.29, 1.82) is 0 Å². The molecular formula is C22H21Cl2N2NaO3. The Balaban J connectivity index is 0.00000218. The van der Waals surface area contributed by atoms with Crippen LogP contribution in [0.2, 0.25) is 10.0 Å². The summed E-state index contributed by atoms with van der Waals surface area (Å²) in [5.41, 5.74) is 0.590. The van der Waals surface area contributed by atoms with Gasteiger partial charge in [-0.15, -0.1) is 0 Å². The number of H-pyrrole nitrogens is 1. The average molecular weight is 455 g/mol. The smallest absolute Gasteiger partial charge is 0.543 e. The van der Waals surface area contributed by atoms with Crippen LogP contribution in [-0.4, -0.2) is 22.4 Å². The third-order valence-corrected chi connectivity index (χ3v) is 7.40. The molecule has 152 valence electrons. The maximum absolute atomic E-state index is 12.8. The van der Waals surface area contributed by atoms with Crippen LogP contribution in [0.3, 0.4) is 0 Å². The van der Waals surface area contributed by atoms with Gasteiger partial charge >= 0.3 is 29.6 Å². The number of carbonyl (C=O) groups is 2. The number of amides is 1. The van der Waals surface area contributed by atoms with Crippen molar-refractivity contribution in [3.63, 3.8) is 0 Å². The van der Waals surface area contributed by atoms with Crippen molar-refractivity contribution >= 4 is 52.1 Å². The first-order valence-electron chi connectivity index (χ1n) is 10.0. The Labute approximate surface area is 206 Å². The van der Waals surface area contributed by atoms with Gasteiger partial charge in [-0.25, -0.2) is 0 Å². The van der Waals surface area contributed by atoms with Gasteiger partial charge in [0.25, 0.3) is 0 Å². The van der Waals surface area contributed by atoms with Crippen LogP contribution in [-0.2, 0) is 4.79 Å². The number of carboxylic acids is 1. The minimum atomic E-state index is -1.37. The summed E-state index contributed by atoms with van der Waals surface area (Å²) in [5.74, 6) is 0.623. The van der Waals surface area contributed by atoms with Gasteiger partial charge in [0, 0.05) is 33.1 Å². The van der Waals surface area contributed by atoms with E-state index in [1.807, 2.05) is 0 Å². The minimum absolute atomic E-state index is 0. The first kappa shape index (κ1) is 22.2. The summed E-state index contributed by atoms with van der Waals surface area (Å²) in [6.07, 6.45) is 9.97. The van der Waals surface area contributed by atoms with Crippen LogP contribution in [0.15, 0.2) is 18.2 Å². The van der Waals surface area contributed by atoms with Gasteiger partial charge in [0.2, 0.25) is 5.91 Å². The molecule has 1 heterocycles. The molecule has 0 atom stereocenters. The molecule has 8 heteroatoms. The number of hydrogen-bond donors (Lipinski definition) is 2. The third-order valence-electron chi connectivity index (χ3n) is 6.89. The standard InChI is InChI=1S/C22H22Cl2N2O3.Na/c23-14-6-16(24)19-15(20(21(28)29)25-17(19)7-14)1-2-18(27)26-22-8-11-3-12(9-22)5-13(4-11)10-22;/h1-2,6-7,11-13,25H,3-5,8-10H2,(H,26,27)(H,28,29);/q;+1/p-1/b2-1+;. The maximum Gasteiger partial charge on any atom is 1.00 e. The fourth-order valence-electron chi connectivity index (χ4n) is 6.33. The number of aromatic carboxylic acids is 1. The normalized spacial score (nSPS) is 29.3. The molecule has 0 saturated heterocycles. The molecule has 6 rings (SSSR count). The molecule has 0 radical (unpaired) electrons. The molecule has 0 aliphatic heterocycles. The number of hydrogen-bond acceptors (Lipinski definition) is 3. The Morgan fingerprint density at radius 1 is 1.10 bits per heavy atom. The molecule has 1 amide bonds. The first-order valence-corrected chi connectivity index (χ1v) is 10.8. The van der Waals surface area contributed by atoms with Crippen molar-refractivity contribution in [3.8, 4) is 0 Å². The van der Waals surface area contributed by atoms with E-state index in [-0.39, 0.29) is 46.7 Å². The van der Waals surface area contributed by atoms with E-state index < -0.39 is 5.97 Å². The van der Waals surface area contributed by atoms with E-state index in [2.05, 4.69) is 10.3 Å². The van der Waals surface area contributed by atoms with Crippen molar-refractivity contribution in [2.45, 2.75) is 44.1 Å². The second kappa shape index (κ2) is 8.18. The zero-order valence-corrected chi connectivity index (χ0v) is 20.3. The second-order valence-corrected chi connectivity index (χ2v) is 9.88. The van der Waals surface area contributed by atoms with Crippen molar-refractivity contribution < 1.29 is 44.3 Å². The zero-order valence-electron chi connectivity index (χ0n) is 16.8. The number of rotatable bonds is 4. The summed E-state index contributed by atoms with van der Waals surface area (Å²) < 4.78 is 0. The van der Waals surface area contributed by atoms with Crippen molar-refractivity contribution in [2.24, 2.45) is 17.8 Å². The van der Waals surface area contributed by atoms with Gasteiger partial charge in [0.1, 0.15) is 0 Å². The fraction of sp³-hybridized carbons (Fsp3) is 0.455. The van der Waals surface area contributed by atoms with Crippen LogP contribution in [0.5, 0.6) is 0 Å². The minimum Gasteiger partial charge on any atom is -0.543 e. The molecular weight excluding hydrogens is 434 g/mol. The van der Waals surface area contributed by atoms with Crippen LogP contribution in [0.1, 0.15) is 54.6 Å². The van der Waals surface area contributed by atoms with E-state index in [4.69, 9.17) is 23.2 Å². The van der Waals surface area contributed by atoms with Crippen LogP contribution in [0.25, 0.3) is 17.0 Å². The quantitative estimate of drug-likeness (QED) is 0.532. The number of carboxylic acid groups (broad SMARTS) is 1. The molecule has 5 nitrogen and oxygen atoms in total. The number of aromatic amines is 1. The Morgan fingerprint density at radius 3 is 2.27 bits per heavy atom. The SMILES string of the molecule is O=C(/C=C/c1c(C(=O)[O-])[nH]c2cc(Cl)cc(Cl)c12)NC12CC3CC(CC(C3)C1)C2.[Na+]. The molecule has 4 fully saturated rings. The first-order chi connectivity index (χ1) is 13.8. The second-order valence-electron chi connectivity index (χ2n) is 9.03. The molecule has 4 bridgehead atoms. The van der Waals surface area contributed by atoms with Gasteiger partial charge < -0.3 is 20.2 Å². The van der Waals surface area contributed by atoms with Crippen LogP contribution < -0.4 is 40.0 Å². The molecule has 4 aliphatic carbocycles. The summed E-state index contributed by atoms with van der Waals surface area (Å²) in [6.45, 7) is 0. The number of benzene rings is 1. The number of aromatic nitrogens is 1. The van der Waals surface area contributed by atoms with Gasteiger partial charge in [0.15, 0.2) is 0 Å². The van der Waals surface area contributed by atoms with E-state index >= 15 is 0 Å². The number of fused-ring (bicyclic) bond motifs is 1. The Hall–Kier alpha value is -0.980. The maximum atomic E-state index is 12.8. The zero-order chi connectivity index (χ0) is 20.3. The molecule has 1 aromatic carbocycles. The number of halogens is 2. The summed E-state index contributed by atoms with van der Waals surface area (Å²) in [4.78, 5) is 27.1. The predicted molar refractivity (Wildman–Crippen MR) is 111 cm³/mol. The molecule has 2 N–H and O–H groups in total. The summed E-state index contributed by atoms with van der Waals surface area (Å²) in [5, 5.41) is 16.1. The fourth-order valence-corrected chi connectivity index (χ4v) is 6.92. The Kier molecular flexibility index (Phi) is 6.06. The molecule has 30 heavy (non-hydrogen) atoms. The van der Waals surface area contributed by atoms with Gasteiger partial charge in [-0.2, -0.15) is 0 Å². The predicted octanol–water partition coefficient (Wildman–Crippen LogP) is 0.940. The Morgan fingerprint density at radius 2 is 1.70 bits per heavy atom. The van der Waals surface area contributed by atoms with Crippen molar-refractivity contribution in [2.75, 3.05) is 0 Å². The van der Waals surface area contributed by atoms with E-state index in [1.165, 1.54) is 31.4 Å². The van der Waals surface area contributed by atoms with Crippen LogP contribution >= 0.6 is 23.2 Å². The van der Waals surface area contributed by atoms with Gasteiger partial charge in [-0.1, -0.05) is 23.2 Å². The third kappa shape index (κ3) is 3.95. The molecule has 0 unspecified atom stereocenters.